The molecule has 1 unspecified atom stereocenters. The van der Waals surface area contributed by atoms with E-state index in [9.17, 15) is 5.11 Å². The minimum absolute atomic E-state index is 0.241. The molecule has 0 spiro atoms. The number of rotatable bonds is 2. The molecule has 0 radical (unpaired) electrons. The average molecular weight is 254 g/mol. The first-order valence-corrected chi connectivity index (χ1v) is 5.48. The minimum atomic E-state index is -0.733. The van der Waals surface area contributed by atoms with Gasteiger partial charge in [0.05, 0.1) is 5.02 Å². The number of aliphatic hydroxyl groups excluding tert-OH is 1. The lowest BCUT2D eigenvalue weighted by atomic mass is 10.0. The standard InChI is InChI=1S/C12H9Cl2NO/c13-10-6-9(7-15-12(10)14)11(16)8-4-2-1-3-5-8/h1-7,11,16H. The van der Waals surface area contributed by atoms with E-state index in [2.05, 4.69) is 4.98 Å². The van der Waals surface area contributed by atoms with Crippen LogP contribution >= 0.6 is 23.2 Å². The number of hydrogen-bond donors (Lipinski definition) is 1. The number of aliphatic hydroxyl groups is 1. The van der Waals surface area contributed by atoms with Gasteiger partial charge in [-0.2, -0.15) is 0 Å². The fourth-order valence-corrected chi connectivity index (χ4v) is 1.69. The molecule has 16 heavy (non-hydrogen) atoms. The Balaban J connectivity index is 2.34. The topological polar surface area (TPSA) is 33.1 Å². The molecule has 0 saturated heterocycles. The third kappa shape index (κ3) is 2.35. The summed E-state index contributed by atoms with van der Waals surface area (Å²) < 4.78 is 0. The molecule has 1 aromatic carbocycles. The van der Waals surface area contributed by atoms with Crippen LogP contribution in [-0.2, 0) is 0 Å². The molecule has 1 N–H and O–H groups in total. The lowest BCUT2D eigenvalue weighted by molar-refractivity contribution is 0.220. The SMILES string of the molecule is OC(c1ccccc1)c1cnc(Cl)c(Cl)c1. The molecule has 0 aliphatic heterocycles. The zero-order valence-corrected chi connectivity index (χ0v) is 9.78. The van der Waals surface area contributed by atoms with Gasteiger partial charge in [0.2, 0.25) is 0 Å². The van der Waals surface area contributed by atoms with Crippen LogP contribution in [0.1, 0.15) is 17.2 Å². The van der Waals surface area contributed by atoms with E-state index in [-0.39, 0.29) is 5.15 Å². The second-order valence-electron chi connectivity index (χ2n) is 3.35. The lowest BCUT2D eigenvalue weighted by Gasteiger charge is -2.11. The Morgan fingerprint density at radius 3 is 2.38 bits per heavy atom. The summed E-state index contributed by atoms with van der Waals surface area (Å²) in [6, 6.07) is 10.9. The largest absolute Gasteiger partial charge is 0.384 e. The molecule has 2 aromatic rings. The molecule has 1 aromatic heterocycles. The summed E-state index contributed by atoms with van der Waals surface area (Å²) in [5.74, 6) is 0. The van der Waals surface area contributed by atoms with Crippen LogP contribution < -0.4 is 0 Å². The van der Waals surface area contributed by atoms with Crippen LogP contribution in [0.4, 0.5) is 0 Å². The number of halogens is 2. The molecule has 0 saturated carbocycles. The van der Waals surface area contributed by atoms with Crippen LogP contribution in [0.3, 0.4) is 0 Å². The lowest BCUT2D eigenvalue weighted by Crippen LogP contribution is -2.00. The highest BCUT2D eigenvalue weighted by Gasteiger charge is 2.11. The van der Waals surface area contributed by atoms with E-state index in [4.69, 9.17) is 23.2 Å². The van der Waals surface area contributed by atoms with E-state index in [0.29, 0.717) is 10.6 Å². The van der Waals surface area contributed by atoms with Crippen molar-refractivity contribution in [3.63, 3.8) is 0 Å². The van der Waals surface area contributed by atoms with Crippen LogP contribution in [0, 0.1) is 0 Å². The van der Waals surface area contributed by atoms with Crippen LogP contribution in [0.15, 0.2) is 42.6 Å². The van der Waals surface area contributed by atoms with Crippen molar-refractivity contribution in [3.8, 4) is 0 Å². The molecule has 2 nitrogen and oxygen atoms in total. The molecule has 4 heteroatoms. The van der Waals surface area contributed by atoms with E-state index in [1.807, 2.05) is 30.3 Å². The third-order valence-electron chi connectivity index (χ3n) is 2.25. The molecule has 0 bridgehead atoms. The van der Waals surface area contributed by atoms with Crippen LogP contribution in [0.5, 0.6) is 0 Å². The summed E-state index contributed by atoms with van der Waals surface area (Å²) in [6.07, 6.45) is 0.787. The van der Waals surface area contributed by atoms with Crippen molar-refractivity contribution in [2.24, 2.45) is 0 Å². The summed E-state index contributed by atoms with van der Waals surface area (Å²) in [7, 11) is 0. The Morgan fingerprint density at radius 1 is 1.06 bits per heavy atom. The maximum Gasteiger partial charge on any atom is 0.147 e. The average Bonchev–Trinajstić information content (AvgIpc) is 2.33. The first kappa shape index (κ1) is 11.4. The van der Waals surface area contributed by atoms with E-state index in [1.54, 1.807) is 6.07 Å². The van der Waals surface area contributed by atoms with Gasteiger partial charge >= 0.3 is 0 Å². The molecular formula is C12H9Cl2NO. The number of hydrogen-bond acceptors (Lipinski definition) is 2. The van der Waals surface area contributed by atoms with Crippen molar-refractivity contribution >= 4 is 23.2 Å². The van der Waals surface area contributed by atoms with Gasteiger partial charge in [-0.1, -0.05) is 53.5 Å². The van der Waals surface area contributed by atoms with Gasteiger partial charge in [0.25, 0.3) is 0 Å². The summed E-state index contributed by atoms with van der Waals surface area (Å²) in [6.45, 7) is 0. The van der Waals surface area contributed by atoms with Gasteiger partial charge in [0.1, 0.15) is 11.3 Å². The molecule has 0 fully saturated rings. The molecule has 0 aliphatic carbocycles. The highest BCUT2D eigenvalue weighted by molar-refractivity contribution is 6.41. The summed E-state index contributed by atoms with van der Waals surface area (Å²) >= 11 is 11.5. The predicted octanol–water partition coefficient (Wildman–Crippen LogP) is 3.47. The van der Waals surface area contributed by atoms with Crippen LogP contribution in [-0.4, -0.2) is 10.1 Å². The van der Waals surface area contributed by atoms with Crippen molar-refractivity contribution in [1.82, 2.24) is 4.98 Å². The molecule has 0 aliphatic rings. The Labute approximate surface area is 103 Å². The highest BCUT2D eigenvalue weighted by Crippen LogP contribution is 2.26. The van der Waals surface area contributed by atoms with E-state index in [0.717, 1.165) is 5.56 Å². The summed E-state index contributed by atoms with van der Waals surface area (Å²) in [5, 5.41) is 10.6. The summed E-state index contributed by atoms with van der Waals surface area (Å²) in [4.78, 5) is 3.90. The van der Waals surface area contributed by atoms with E-state index >= 15 is 0 Å². The van der Waals surface area contributed by atoms with Gasteiger partial charge in [-0.15, -0.1) is 0 Å². The molecular weight excluding hydrogens is 245 g/mol. The molecule has 1 atom stereocenters. The fourth-order valence-electron chi connectivity index (χ4n) is 1.41. The van der Waals surface area contributed by atoms with Crippen molar-refractivity contribution < 1.29 is 5.11 Å². The van der Waals surface area contributed by atoms with Gasteiger partial charge in [0, 0.05) is 11.8 Å². The second kappa shape index (κ2) is 4.83. The Morgan fingerprint density at radius 2 is 1.75 bits per heavy atom. The van der Waals surface area contributed by atoms with Crippen molar-refractivity contribution in [3.05, 3.63) is 63.9 Å². The summed E-state index contributed by atoms with van der Waals surface area (Å²) in [5.41, 5.74) is 1.42. The van der Waals surface area contributed by atoms with Crippen LogP contribution in [0.25, 0.3) is 0 Å². The Bertz CT molecular complexity index is 488. The first-order chi connectivity index (χ1) is 7.68. The first-order valence-electron chi connectivity index (χ1n) is 4.72. The smallest absolute Gasteiger partial charge is 0.147 e. The third-order valence-corrected chi connectivity index (χ3v) is 2.93. The minimum Gasteiger partial charge on any atom is -0.384 e. The van der Waals surface area contributed by atoms with Crippen molar-refractivity contribution in [2.45, 2.75) is 6.10 Å². The second-order valence-corrected chi connectivity index (χ2v) is 4.12. The van der Waals surface area contributed by atoms with Crippen molar-refractivity contribution in [1.29, 1.82) is 0 Å². The zero-order valence-electron chi connectivity index (χ0n) is 8.27. The van der Waals surface area contributed by atoms with Gasteiger partial charge in [0.15, 0.2) is 0 Å². The number of nitrogens with zero attached hydrogens (tertiary/aromatic N) is 1. The maximum absolute atomic E-state index is 10.1. The quantitative estimate of drug-likeness (QED) is 0.832. The van der Waals surface area contributed by atoms with E-state index < -0.39 is 6.10 Å². The number of pyridine rings is 1. The number of benzene rings is 1. The number of aromatic nitrogens is 1. The molecule has 0 amide bonds. The van der Waals surface area contributed by atoms with Crippen molar-refractivity contribution in [2.75, 3.05) is 0 Å². The highest BCUT2D eigenvalue weighted by atomic mass is 35.5. The van der Waals surface area contributed by atoms with Gasteiger partial charge < -0.3 is 5.11 Å². The fraction of sp³-hybridized carbons (Fsp3) is 0.0833. The van der Waals surface area contributed by atoms with E-state index in [1.165, 1.54) is 6.20 Å². The van der Waals surface area contributed by atoms with Gasteiger partial charge in [-0.25, -0.2) is 4.98 Å². The predicted molar refractivity (Wildman–Crippen MR) is 64.8 cm³/mol. The van der Waals surface area contributed by atoms with Gasteiger partial charge in [-0.05, 0) is 11.6 Å². The Hall–Kier alpha value is -1.09. The normalized spacial score (nSPS) is 12.4. The monoisotopic (exact) mass is 253 g/mol. The molecule has 1 heterocycles. The zero-order chi connectivity index (χ0) is 11.5. The van der Waals surface area contributed by atoms with Crippen LogP contribution in [0.2, 0.25) is 10.2 Å². The Kier molecular flexibility index (Phi) is 3.44. The molecule has 82 valence electrons. The maximum atomic E-state index is 10.1. The molecule has 2 rings (SSSR count). The van der Waals surface area contributed by atoms with Gasteiger partial charge in [-0.3, -0.25) is 0 Å².